The molecule has 1 aromatic rings. The van der Waals surface area contributed by atoms with Crippen LogP contribution in [0.3, 0.4) is 0 Å². The second kappa shape index (κ2) is 9.43. The molecule has 0 saturated carbocycles. The van der Waals surface area contributed by atoms with Crippen molar-refractivity contribution in [3.8, 4) is 5.75 Å². The topological polar surface area (TPSA) is 70.8 Å². The number of rotatable bonds is 9. The van der Waals surface area contributed by atoms with Crippen LogP contribution in [0.1, 0.15) is 31.9 Å². The second-order valence-electron chi connectivity index (χ2n) is 5.31. The van der Waals surface area contributed by atoms with E-state index in [9.17, 15) is 4.79 Å². The number of ether oxygens (including phenoxy) is 3. The van der Waals surface area contributed by atoms with Gasteiger partial charge < -0.3 is 19.9 Å². The molecule has 0 bridgehead atoms. The molecular formula is C17H27NO4. The number of hydrogen-bond acceptors (Lipinski definition) is 5. The Morgan fingerprint density at radius 1 is 1.32 bits per heavy atom. The SMILES string of the molecule is CCOC(=O)C(Cc1ccc(OC)c(CCN)c1)OC(C)C. The Balaban J connectivity index is 2.91. The van der Waals surface area contributed by atoms with Crippen LogP contribution in [-0.4, -0.2) is 38.4 Å². The number of nitrogens with two attached hydrogens (primary N) is 1. The first-order valence-electron chi connectivity index (χ1n) is 7.69. The molecule has 0 aromatic heterocycles. The Morgan fingerprint density at radius 3 is 2.59 bits per heavy atom. The van der Waals surface area contributed by atoms with Crippen LogP contribution in [-0.2, 0) is 27.1 Å². The molecular weight excluding hydrogens is 282 g/mol. The maximum absolute atomic E-state index is 12.0. The Bertz CT molecular complexity index is 474. The van der Waals surface area contributed by atoms with Gasteiger partial charge in [-0.3, -0.25) is 0 Å². The highest BCUT2D eigenvalue weighted by molar-refractivity contribution is 5.75. The molecule has 1 aromatic carbocycles. The molecule has 0 aliphatic heterocycles. The van der Waals surface area contributed by atoms with Gasteiger partial charge in [-0.2, -0.15) is 0 Å². The summed E-state index contributed by atoms with van der Waals surface area (Å²) in [6.45, 7) is 6.48. The monoisotopic (exact) mass is 309 g/mol. The summed E-state index contributed by atoms with van der Waals surface area (Å²) in [5.74, 6) is 0.485. The third-order valence-electron chi connectivity index (χ3n) is 3.17. The smallest absolute Gasteiger partial charge is 0.335 e. The first-order valence-corrected chi connectivity index (χ1v) is 7.69. The molecule has 5 nitrogen and oxygen atoms in total. The van der Waals surface area contributed by atoms with E-state index in [1.54, 1.807) is 14.0 Å². The van der Waals surface area contributed by atoms with Gasteiger partial charge in [0.05, 0.1) is 19.8 Å². The van der Waals surface area contributed by atoms with Crippen molar-refractivity contribution in [1.82, 2.24) is 0 Å². The first kappa shape index (κ1) is 18.5. The molecule has 1 rings (SSSR count). The van der Waals surface area contributed by atoms with E-state index >= 15 is 0 Å². The normalized spacial score (nSPS) is 12.3. The van der Waals surface area contributed by atoms with Gasteiger partial charge in [-0.05, 0) is 50.9 Å². The van der Waals surface area contributed by atoms with Gasteiger partial charge in [-0.15, -0.1) is 0 Å². The molecule has 0 aliphatic carbocycles. The number of methoxy groups -OCH3 is 1. The highest BCUT2D eigenvalue weighted by atomic mass is 16.6. The van der Waals surface area contributed by atoms with Crippen molar-refractivity contribution in [3.63, 3.8) is 0 Å². The number of carbonyl (C=O) groups excluding carboxylic acids is 1. The molecule has 0 radical (unpaired) electrons. The number of esters is 1. The van der Waals surface area contributed by atoms with Crippen molar-refractivity contribution in [1.29, 1.82) is 0 Å². The summed E-state index contributed by atoms with van der Waals surface area (Å²) in [5.41, 5.74) is 7.67. The molecule has 124 valence electrons. The van der Waals surface area contributed by atoms with Crippen molar-refractivity contribution >= 4 is 5.97 Å². The van der Waals surface area contributed by atoms with Gasteiger partial charge in [0.2, 0.25) is 0 Å². The molecule has 22 heavy (non-hydrogen) atoms. The zero-order valence-electron chi connectivity index (χ0n) is 13.9. The summed E-state index contributed by atoms with van der Waals surface area (Å²) in [6.07, 6.45) is 0.556. The highest BCUT2D eigenvalue weighted by Crippen LogP contribution is 2.22. The lowest BCUT2D eigenvalue weighted by atomic mass is 10.0. The van der Waals surface area contributed by atoms with E-state index in [1.807, 2.05) is 32.0 Å². The highest BCUT2D eigenvalue weighted by Gasteiger charge is 2.22. The van der Waals surface area contributed by atoms with E-state index in [0.29, 0.717) is 19.6 Å². The number of carbonyl (C=O) groups is 1. The fraction of sp³-hybridized carbons (Fsp3) is 0.588. The van der Waals surface area contributed by atoms with Crippen molar-refractivity contribution < 1.29 is 19.0 Å². The summed E-state index contributed by atoms with van der Waals surface area (Å²) in [5, 5.41) is 0. The third-order valence-corrected chi connectivity index (χ3v) is 3.17. The third kappa shape index (κ3) is 5.66. The van der Waals surface area contributed by atoms with Crippen molar-refractivity contribution in [2.45, 2.75) is 45.8 Å². The van der Waals surface area contributed by atoms with E-state index in [2.05, 4.69) is 0 Å². The summed E-state index contributed by atoms with van der Waals surface area (Å²) in [4.78, 5) is 12.0. The van der Waals surface area contributed by atoms with Crippen molar-refractivity contribution in [3.05, 3.63) is 29.3 Å². The van der Waals surface area contributed by atoms with Crippen LogP contribution in [0.5, 0.6) is 5.75 Å². The molecule has 5 heteroatoms. The average molecular weight is 309 g/mol. The standard InChI is InChI=1S/C17H27NO4/c1-5-21-17(19)16(22-12(2)3)11-13-6-7-15(20-4)14(10-13)8-9-18/h6-7,10,12,16H,5,8-9,11,18H2,1-4H3. The molecule has 0 heterocycles. The van der Waals surface area contributed by atoms with Crippen LogP contribution < -0.4 is 10.5 Å². The number of hydrogen-bond donors (Lipinski definition) is 1. The zero-order valence-corrected chi connectivity index (χ0v) is 13.9. The van der Waals surface area contributed by atoms with Crippen LogP contribution in [0.2, 0.25) is 0 Å². The summed E-state index contributed by atoms with van der Waals surface area (Å²) in [7, 11) is 1.64. The lowest BCUT2D eigenvalue weighted by Gasteiger charge is -2.19. The van der Waals surface area contributed by atoms with Crippen LogP contribution in [0.25, 0.3) is 0 Å². The minimum absolute atomic E-state index is 0.0452. The van der Waals surface area contributed by atoms with Gasteiger partial charge in [0.1, 0.15) is 5.75 Å². The maximum atomic E-state index is 12.0. The van der Waals surface area contributed by atoms with Crippen LogP contribution >= 0.6 is 0 Å². The molecule has 2 N–H and O–H groups in total. The predicted octanol–water partition coefficient (Wildman–Crippen LogP) is 2.10. The Hall–Kier alpha value is -1.59. The van der Waals surface area contributed by atoms with E-state index < -0.39 is 6.10 Å². The molecule has 1 atom stereocenters. The van der Waals surface area contributed by atoms with Crippen molar-refractivity contribution in [2.75, 3.05) is 20.3 Å². The van der Waals surface area contributed by atoms with Gasteiger partial charge in [0.25, 0.3) is 0 Å². The fourth-order valence-corrected chi connectivity index (χ4v) is 2.27. The molecule has 0 amide bonds. The molecule has 1 unspecified atom stereocenters. The summed E-state index contributed by atoms with van der Waals surface area (Å²) < 4.78 is 16.1. The Labute approximate surface area is 132 Å². The minimum Gasteiger partial charge on any atom is -0.496 e. The minimum atomic E-state index is -0.598. The molecule has 0 saturated heterocycles. The zero-order chi connectivity index (χ0) is 16.5. The van der Waals surface area contributed by atoms with Crippen LogP contribution in [0.15, 0.2) is 18.2 Å². The number of benzene rings is 1. The van der Waals surface area contributed by atoms with Gasteiger partial charge >= 0.3 is 5.97 Å². The molecule has 0 spiro atoms. The van der Waals surface area contributed by atoms with Gasteiger partial charge in [0.15, 0.2) is 6.10 Å². The van der Waals surface area contributed by atoms with Gasteiger partial charge in [-0.1, -0.05) is 12.1 Å². The Kier molecular flexibility index (Phi) is 7.91. The van der Waals surface area contributed by atoms with E-state index in [-0.39, 0.29) is 12.1 Å². The van der Waals surface area contributed by atoms with E-state index in [1.165, 1.54) is 0 Å². The summed E-state index contributed by atoms with van der Waals surface area (Å²) >= 11 is 0. The maximum Gasteiger partial charge on any atom is 0.335 e. The quantitative estimate of drug-likeness (QED) is 0.707. The van der Waals surface area contributed by atoms with Crippen molar-refractivity contribution in [2.24, 2.45) is 5.73 Å². The average Bonchev–Trinajstić information content (AvgIpc) is 2.47. The molecule has 0 aliphatic rings. The lowest BCUT2D eigenvalue weighted by Crippen LogP contribution is -2.31. The van der Waals surface area contributed by atoms with Crippen LogP contribution in [0, 0.1) is 0 Å². The van der Waals surface area contributed by atoms with Crippen LogP contribution in [0.4, 0.5) is 0 Å². The van der Waals surface area contributed by atoms with Gasteiger partial charge in [0, 0.05) is 6.42 Å². The Morgan fingerprint density at radius 2 is 2.05 bits per heavy atom. The largest absolute Gasteiger partial charge is 0.496 e. The first-order chi connectivity index (χ1) is 10.5. The lowest BCUT2D eigenvalue weighted by molar-refractivity contribution is -0.159. The van der Waals surface area contributed by atoms with Gasteiger partial charge in [-0.25, -0.2) is 4.79 Å². The second-order valence-corrected chi connectivity index (χ2v) is 5.31. The van der Waals surface area contributed by atoms with E-state index in [4.69, 9.17) is 19.9 Å². The summed E-state index contributed by atoms with van der Waals surface area (Å²) in [6, 6.07) is 5.86. The van der Waals surface area contributed by atoms with E-state index in [0.717, 1.165) is 23.3 Å². The fourth-order valence-electron chi connectivity index (χ4n) is 2.27. The predicted molar refractivity (Wildman–Crippen MR) is 86.1 cm³/mol. The molecule has 0 fully saturated rings.